The molecular formula is C62H92N8O16. The van der Waals surface area contributed by atoms with Gasteiger partial charge in [-0.3, -0.25) is 43.2 Å². The van der Waals surface area contributed by atoms with Gasteiger partial charge in [-0.1, -0.05) is 104 Å². The minimum absolute atomic E-state index is 0.0352. The van der Waals surface area contributed by atoms with E-state index in [0.717, 1.165) is 9.80 Å². The molecule has 2 heterocycles. The van der Waals surface area contributed by atoms with E-state index in [1.54, 1.807) is 96.1 Å². The fourth-order valence-corrected chi connectivity index (χ4v) is 10.5. The number of rotatable bonds is 20. The Labute approximate surface area is 505 Å². The third kappa shape index (κ3) is 20.2. The number of fused-ring (bicyclic) bond motifs is 1. The number of hydrogen-bond donors (Lipinski definition) is 6. The second-order valence-electron chi connectivity index (χ2n) is 23.9. The van der Waals surface area contributed by atoms with Crippen LogP contribution in [0.3, 0.4) is 0 Å². The standard InChI is InChI=1S/C62H92N8O16/c1-14-37(8)51-48(71)32-50(73)86-54(36(6)7)53(74)38(9)55(75)64-44(29-34(2)3)59(79)70-28-18-21-45(70)60(80)69(12)47(31-40-22-24-42(83-13)25-23-40)61(81)85-39(10)52(57(77)66-51)67-56(76)46(30-35(4)5)68(11)58(78)43(26-27-49(63)72)65-62(82)84-33-41-19-16-15-17-20-41/h15-17,19-20,22-25,34-39,43-48,51-52,54,71H,14,18,21,26-33H2,1-13H3,(H2,63,72)(H,64,75)(H,65,82)(H,66,77)(H,67,76)/t37-,38-,39-,43-,44+,45-,46+,47-,48+,51+,52-,54+/m0/s1. The van der Waals surface area contributed by atoms with Crippen molar-refractivity contribution in [3.05, 3.63) is 65.7 Å². The van der Waals surface area contributed by atoms with Crippen LogP contribution >= 0.6 is 0 Å². The summed E-state index contributed by atoms with van der Waals surface area (Å²) in [7, 11) is 4.15. The molecule has 86 heavy (non-hydrogen) atoms. The molecule has 2 aliphatic heterocycles. The van der Waals surface area contributed by atoms with Crippen LogP contribution in [0.15, 0.2) is 54.6 Å². The number of nitrogens with zero attached hydrogens (tertiary/aromatic N) is 3. The normalized spacial score (nSPS) is 24.4. The first-order chi connectivity index (χ1) is 40.5. The number of nitrogens with one attached hydrogen (secondary N) is 4. The molecule has 2 saturated heterocycles. The monoisotopic (exact) mass is 1200 g/mol. The molecule has 7 N–H and O–H groups in total. The van der Waals surface area contributed by atoms with E-state index in [1.165, 1.54) is 40.0 Å². The molecule has 0 spiro atoms. The Morgan fingerprint density at radius 1 is 0.860 bits per heavy atom. The van der Waals surface area contributed by atoms with E-state index >= 15 is 14.4 Å². The predicted octanol–water partition coefficient (Wildman–Crippen LogP) is 3.51. The van der Waals surface area contributed by atoms with Crippen molar-refractivity contribution in [2.45, 2.75) is 194 Å². The summed E-state index contributed by atoms with van der Waals surface area (Å²) >= 11 is 0. The molecule has 2 aliphatic rings. The lowest BCUT2D eigenvalue weighted by Crippen LogP contribution is -2.62. The number of ether oxygens (including phenoxy) is 4. The maximum absolute atomic E-state index is 15.1. The number of aliphatic hydroxyl groups excluding tert-OH is 1. The topological polar surface area (TPSA) is 329 Å². The zero-order valence-corrected chi connectivity index (χ0v) is 52.1. The van der Waals surface area contributed by atoms with Gasteiger partial charge in [0.25, 0.3) is 0 Å². The second kappa shape index (κ2) is 33.3. The number of carbonyl (C=O) groups excluding carboxylic acids is 11. The lowest BCUT2D eigenvalue weighted by Gasteiger charge is -2.36. The molecule has 0 aromatic heterocycles. The number of methoxy groups -OCH3 is 1. The van der Waals surface area contributed by atoms with Gasteiger partial charge in [-0.05, 0) is 92.9 Å². The number of nitrogens with two attached hydrogens (primary N) is 1. The minimum Gasteiger partial charge on any atom is -0.497 e. The van der Waals surface area contributed by atoms with Crippen LogP contribution in [-0.2, 0) is 75.2 Å². The number of likely N-dealkylation sites (N-methyl/N-ethyl adjacent to an activating group) is 2. The second-order valence-corrected chi connectivity index (χ2v) is 23.9. The van der Waals surface area contributed by atoms with E-state index in [2.05, 4.69) is 21.3 Å². The Balaban J connectivity index is 1.87. The molecule has 8 amide bonds. The highest BCUT2D eigenvalue weighted by Gasteiger charge is 2.45. The van der Waals surface area contributed by atoms with E-state index < -0.39 is 150 Å². The van der Waals surface area contributed by atoms with Gasteiger partial charge >= 0.3 is 18.0 Å². The molecule has 2 aromatic carbocycles. The molecule has 24 heteroatoms. The van der Waals surface area contributed by atoms with Gasteiger partial charge in [0.2, 0.25) is 41.4 Å². The highest BCUT2D eigenvalue weighted by Crippen LogP contribution is 2.26. The third-order valence-corrected chi connectivity index (χ3v) is 15.8. The van der Waals surface area contributed by atoms with E-state index in [-0.39, 0.29) is 63.5 Å². The summed E-state index contributed by atoms with van der Waals surface area (Å²) < 4.78 is 22.6. The highest BCUT2D eigenvalue weighted by atomic mass is 16.6. The number of benzene rings is 2. The zero-order valence-electron chi connectivity index (χ0n) is 52.1. The van der Waals surface area contributed by atoms with Crippen LogP contribution in [0.5, 0.6) is 5.75 Å². The summed E-state index contributed by atoms with van der Waals surface area (Å²) in [4.78, 5) is 160. The van der Waals surface area contributed by atoms with Crippen molar-refractivity contribution in [1.82, 2.24) is 36.0 Å². The third-order valence-electron chi connectivity index (χ3n) is 15.8. The van der Waals surface area contributed by atoms with Gasteiger partial charge in [-0.25, -0.2) is 9.59 Å². The summed E-state index contributed by atoms with van der Waals surface area (Å²) in [6.07, 6.45) is -6.39. The number of hydrogen-bond acceptors (Lipinski definition) is 16. The molecule has 0 aliphatic carbocycles. The molecule has 2 fully saturated rings. The van der Waals surface area contributed by atoms with Crippen molar-refractivity contribution in [1.29, 1.82) is 0 Å². The van der Waals surface area contributed by atoms with Gasteiger partial charge in [-0.15, -0.1) is 0 Å². The van der Waals surface area contributed by atoms with E-state index in [0.29, 0.717) is 29.7 Å². The molecule has 24 nitrogen and oxygen atoms in total. The molecule has 0 saturated carbocycles. The van der Waals surface area contributed by atoms with Crippen molar-refractivity contribution in [2.75, 3.05) is 27.7 Å². The number of Topliss-reactive ketones (excluding diaryl/α,β-unsaturated/α-hetero) is 1. The first-order valence-corrected chi connectivity index (χ1v) is 29.7. The molecular weight excluding hydrogens is 1110 g/mol. The molecule has 0 unspecified atom stereocenters. The number of carbonyl (C=O) groups is 11. The van der Waals surface area contributed by atoms with Crippen molar-refractivity contribution in [2.24, 2.45) is 35.3 Å². The van der Waals surface area contributed by atoms with Gasteiger partial charge in [0.1, 0.15) is 54.7 Å². The smallest absolute Gasteiger partial charge is 0.408 e. The van der Waals surface area contributed by atoms with Crippen molar-refractivity contribution in [3.63, 3.8) is 0 Å². The first-order valence-electron chi connectivity index (χ1n) is 29.7. The van der Waals surface area contributed by atoms with Crippen molar-refractivity contribution >= 4 is 65.2 Å². The largest absolute Gasteiger partial charge is 0.497 e. The first kappa shape index (κ1) is 70.9. The molecule has 476 valence electrons. The fourth-order valence-electron chi connectivity index (χ4n) is 10.5. The van der Waals surface area contributed by atoms with E-state index in [9.17, 15) is 43.5 Å². The summed E-state index contributed by atoms with van der Waals surface area (Å²) in [5.74, 6) is -11.2. The number of esters is 2. The molecule has 12 atom stereocenters. The zero-order chi connectivity index (χ0) is 64.3. The number of cyclic esters (lactones) is 2. The average molecular weight is 1210 g/mol. The van der Waals surface area contributed by atoms with Crippen molar-refractivity contribution < 1.29 is 76.8 Å². The summed E-state index contributed by atoms with van der Waals surface area (Å²) in [6.45, 7) is 16.5. The van der Waals surface area contributed by atoms with Gasteiger partial charge < -0.3 is 65.8 Å². The molecule has 4 rings (SSSR count). The van der Waals surface area contributed by atoms with Crippen LogP contribution in [0.4, 0.5) is 4.79 Å². The Bertz CT molecular complexity index is 2670. The van der Waals surface area contributed by atoms with Gasteiger partial charge in [0, 0.05) is 33.5 Å². The van der Waals surface area contributed by atoms with Crippen LogP contribution < -0.4 is 31.7 Å². The highest BCUT2D eigenvalue weighted by molar-refractivity contribution is 6.05. The Morgan fingerprint density at radius 3 is 2.09 bits per heavy atom. The van der Waals surface area contributed by atoms with Gasteiger partial charge in [0.15, 0.2) is 11.9 Å². The predicted molar refractivity (Wildman–Crippen MR) is 316 cm³/mol. The van der Waals surface area contributed by atoms with Crippen LogP contribution in [0.1, 0.15) is 132 Å². The number of alkyl carbamates (subject to hydrolysis) is 1. The van der Waals surface area contributed by atoms with Crippen molar-refractivity contribution in [3.8, 4) is 5.75 Å². The SMILES string of the molecule is CC[C@H](C)[C@H]1NC(=O)[C@@H](NC(=O)[C@@H](CC(C)C)N(C)C(=O)[C@H](CCC(N)=O)NC(=O)OCc2ccccc2)[C@H](C)OC(=O)[C@H](Cc2ccc(OC)cc2)N(C)C(=O)[C@@H]2CCCN2C(=O)[C@@H](CC(C)C)NC(=O)[C@@H](C)C(=O)[C@@H](C(C)C)OC(=O)C[C@H]1O. The van der Waals surface area contributed by atoms with E-state index in [4.69, 9.17) is 24.7 Å². The maximum atomic E-state index is 15.1. The number of primary amides is 1. The van der Waals surface area contributed by atoms with Gasteiger partial charge in [-0.2, -0.15) is 0 Å². The van der Waals surface area contributed by atoms with Crippen LogP contribution in [0, 0.1) is 29.6 Å². The minimum atomic E-state index is -1.84. The number of ketones is 1. The summed E-state index contributed by atoms with van der Waals surface area (Å²) in [5, 5.41) is 22.6. The summed E-state index contributed by atoms with van der Waals surface area (Å²) in [5.41, 5.74) is 6.68. The van der Waals surface area contributed by atoms with Gasteiger partial charge in [0.05, 0.1) is 31.6 Å². The number of amides is 8. The lowest BCUT2D eigenvalue weighted by molar-refractivity contribution is -0.163. The maximum Gasteiger partial charge on any atom is 0.408 e. The van der Waals surface area contributed by atoms with Crippen LogP contribution in [0.25, 0.3) is 0 Å². The fraction of sp³-hybridized carbons (Fsp3) is 0.629. The van der Waals surface area contributed by atoms with E-state index in [1.807, 2.05) is 13.8 Å². The summed E-state index contributed by atoms with van der Waals surface area (Å²) in [6, 6.07) is 5.65. The Morgan fingerprint density at radius 2 is 1.51 bits per heavy atom. The molecule has 0 radical (unpaired) electrons. The average Bonchev–Trinajstić information content (AvgIpc) is 2.36. The number of aliphatic hydroxyl groups is 1. The molecule has 2 aromatic rings. The quantitative estimate of drug-likeness (QED) is 0.0628. The lowest BCUT2D eigenvalue weighted by atomic mass is 9.91. The Kier molecular flexibility index (Phi) is 27.5. The van der Waals surface area contributed by atoms with Crippen LogP contribution in [-0.4, -0.2) is 173 Å². The van der Waals surface area contributed by atoms with Crippen LogP contribution in [0.2, 0.25) is 0 Å². The molecule has 0 bridgehead atoms. The Hall–Kier alpha value is -7.63.